The molecular formula is C16H18ClNO3. The Hall–Kier alpha value is -2.07. The van der Waals surface area contributed by atoms with Crippen molar-refractivity contribution < 1.29 is 14.6 Å². The Labute approximate surface area is 129 Å². The first-order valence-corrected chi connectivity index (χ1v) is 6.90. The third-order valence-electron chi connectivity index (χ3n) is 3.22. The molecule has 0 heterocycles. The number of ether oxygens (including phenoxy) is 2. The van der Waals surface area contributed by atoms with Gasteiger partial charge in [-0.3, -0.25) is 0 Å². The van der Waals surface area contributed by atoms with Crippen LogP contribution in [0.3, 0.4) is 0 Å². The Balaban J connectivity index is 2.26. The first-order valence-electron chi connectivity index (χ1n) is 6.52. The molecule has 0 saturated carbocycles. The summed E-state index contributed by atoms with van der Waals surface area (Å²) in [5, 5.41) is 13.4. The van der Waals surface area contributed by atoms with Gasteiger partial charge in [0.2, 0.25) is 0 Å². The van der Waals surface area contributed by atoms with Gasteiger partial charge in [0, 0.05) is 18.2 Å². The Morgan fingerprint density at radius 1 is 1.10 bits per heavy atom. The van der Waals surface area contributed by atoms with Crippen molar-refractivity contribution in [2.45, 2.75) is 13.0 Å². The average Bonchev–Trinajstić information content (AvgIpc) is 2.48. The summed E-state index contributed by atoms with van der Waals surface area (Å²) in [7, 11) is 3.14. The molecule has 0 radical (unpaired) electrons. The molecule has 2 rings (SSSR count). The number of phenolic OH excluding ortho intramolecular Hbond substituents is 1. The lowest BCUT2D eigenvalue weighted by molar-refractivity contribution is 0.355. The van der Waals surface area contributed by atoms with Crippen molar-refractivity contribution in [3.63, 3.8) is 0 Å². The van der Waals surface area contributed by atoms with Gasteiger partial charge in [-0.15, -0.1) is 0 Å². The van der Waals surface area contributed by atoms with Crippen LogP contribution in [-0.4, -0.2) is 19.3 Å². The zero-order chi connectivity index (χ0) is 15.4. The Bertz CT molecular complexity index is 631. The number of hydrogen-bond acceptors (Lipinski definition) is 4. The maximum atomic E-state index is 9.54. The first-order chi connectivity index (χ1) is 10.0. The van der Waals surface area contributed by atoms with E-state index in [0.29, 0.717) is 16.5 Å². The second-order valence-electron chi connectivity index (χ2n) is 4.65. The molecule has 112 valence electrons. The molecule has 0 spiro atoms. The van der Waals surface area contributed by atoms with Crippen molar-refractivity contribution in [1.82, 2.24) is 0 Å². The van der Waals surface area contributed by atoms with Gasteiger partial charge in [-0.25, -0.2) is 0 Å². The summed E-state index contributed by atoms with van der Waals surface area (Å²) >= 11 is 6.25. The monoisotopic (exact) mass is 307 g/mol. The highest BCUT2D eigenvalue weighted by Crippen LogP contribution is 2.37. The minimum Gasteiger partial charge on any atom is -0.508 e. The summed E-state index contributed by atoms with van der Waals surface area (Å²) in [5.74, 6) is 1.42. The molecule has 2 N–H and O–H groups in total. The van der Waals surface area contributed by atoms with Crippen LogP contribution in [0.4, 0.5) is 5.69 Å². The molecule has 1 unspecified atom stereocenters. The van der Waals surface area contributed by atoms with Gasteiger partial charge in [0.15, 0.2) is 11.5 Å². The van der Waals surface area contributed by atoms with Gasteiger partial charge >= 0.3 is 0 Å². The Kier molecular flexibility index (Phi) is 4.81. The largest absolute Gasteiger partial charge is 0.508 e. The highest BCUT2D eigenvalue weighted by molar-refractivity contribution is 6.33. The van der Waals surface area contributed by atoms with E-state index < -0.39 is 0 Å². The van der Waals surface area contributed by atoms with Gasteiger partial charge in [-0.05, 0) is 24.6 Å². The van der Waals surface area contributed by atoms with Gasteiger partial charge in [-0.2, -0.15) is 0 Å². The zero-order valence-corrected chi connectivity index (χ0v) is 12.9. The van der Waals surface area contributed by atoms with E-state index in [1.807, 2.05) is 13.0 Å². The number of phenols is 1. The van der Waals surface area contributed by atoms with E-state index in [9.17, 15) is 5.11 Å². The maximum Gasteiger partial charge on any atom is 0.162 e. The fourth-order valence-electron chi connectivity index (χ4n) is 2.08. The number of anilines is 1. The van der Waals surface area contributed by atoms with Gasteiger partial charge < -0.3 is 19.9 Å². The number of halogens is 1. The number of hydrogen-bond donors (Lipinski definition) is 2. The molecule has 1 atom stereocenters. The zero-order valence-electron chi connectivity index (χ0n) is 12.2. The van der Waals surface area contributed by atoms with Crippen LogP contribution < -0.4 is 14.8 Å². The van der Waals surface area contributed by atoms with Crippen LogP contribution in [0.5, 0.6) is 17.2 Å². The van der Waals surface area contributed by atoms with Gasteiger partial charge in [-0.1, -0.05) is 23.7 Å². The fourth-order valence-corrected chi connectivity index (χ4v) is 2.28. The number of rotatable bonds is 5. The molecule has 21 heavy (non-hydrogen) atoms. The van der Waals surface area contributed by atoms with Crippen LogP contribution >= 0.6 is 11.6 Å². The van der Waals surface area contributed by atoms with Crippen molar-refractivity contribution in [1.29, 1.82) is 0 Å². The normalized spacial score (nSPS) is 11.8. The molecule has 0 amide bonds. The molecule has 0 aliphatic carbocycles. The molecule has 0 bridgehead atoms. The van der Waals surface area contributed by atoms with Gasteiger partial charge in [0.05, 0.1) is 24.9 Å². The number of benzene rings is 2. The minimum atomic E-state index is -0.0206. The van der Waals surface area contributed by atoms with E-state index in [4.69, 9.17) is 21.1 Å². The van der Waals surface area contributed by atoms with E-state index in [-0.39, 0.29) is 11.8 Å². The maximum absolute atomic E-state index is 9.54. The molecule has 0 aliphatic heterocycles. The molecule has 0 aromatic heterocycles. The third kappa shape index (κ3) is 3.52. The summed E-state index contributed by atoms with van der Waals surface area (Å²) in [6, 6.07) is 10.6. The molecule has 0 saturated heterocycles. The van der Waals surface area contributed by atoms with Crippen LogP contribution in [0.2, 0.25) is 5.02 Å². The molecule has 2 aromatic rings. The first kappa shape index (κ1) is 15.3. The Morgan fingerprint density at radius 3 is 2.38 bits per heavy atom. The van der Waals surface area contributed by atoms with Crippen LogP contribution in [0.25, 0.3) is 0 Å². The van der Waals surface area contributed by atoms with E-state index in [1.165, 1.54) is 0 Å². The topological polar surface area (TPSA) is 50.7 Å². The van der Waals surface area contributed by atoms with Crippen molar-refractivity contribution in [2.24, 2.45) is 0 Å². The molecule has 5 heteroatoms. The highest BCUT2D eigenvalue weighted by atomic mass is 35.5. The fraction of sp³-hybridized carbons (Fsp3) is 0.250. The van der Waals surface area contributed by atoms with Crippen molar-refractivity contribution in [3.05, 3.63) is 47.0 Å². The van der Waals surface area contributed by atoms with Crippen LogP contribution in [0.1, 0.15) is 18.5 Å². The molecule has 0 aliphatic rings. The summed E-state index contributed by atoms with van der Waals surface area (Å²) in [5.41, 5.74) is 1.70. The smallest absolute Gasteiger partial charge is 0.162 e. The van der Waals surface area contributed by atoms with E-state index in [1.54, 1.807) is 44.6 Å². The lowest BCUT2D eigenvalue weighted by Gasteiger charge is -2.18. The molecule has 0 fully saturated rings. The molecule has 4 nitrogen and oxygen atoms in total. The van der Waals surface area contributed by atoms with Crippen LogP contribution in [0.15, 0.2) is 36.4 Å². The lowest BCUT2D eigenvalue weighted by atomic mass is 10.1. The average molecular weight is 308 g/mol. The lowest BCUT2D eigenvalue weighted by Crippen LogP contribution is -2.07. The number of nitrogens with one attached hydrogen (secondary N) is 1. The predicted octanol–water partition coefficient (Wildman–Crippen LogP) is 4.24. The predicted molar refractivity (Wildman–Crippen MR) is 84.7 cm³/mol. The summed E-state index contributed by atoms with van der Waals surface area (Å²) < 4.78 is 10.5. The standard InChI is InChI=1S/C16H18ClNO3/c1-10(11-5-4-6-12(19)7-11)18-14-9-16(21-3)15(20-2)8-13(14)17/h4-10,18-19H,1-3H3. The molecular weight excluding hydrogens is 290 g/mol. The SMILES string of the molecule is COc1cc(Cl)c(NC(C)c2cccc(O)c2)cc1OC. The highest BCUT2D eigenvalue weighted by Gasteiger charge is 2.13. The van der Waals surface area contributed by atoms with Gasteiger partial charge in [0.25, 0.3) is 0 Å². The molecule has 2 aromatic carbocycles. The number of aromatic hydroxyl groups is 1. The summed E-state index contributed by atoms with van der Waals surface area (Å²) in [4.78, 5) is 0. The van der Waals surface area contributed by atoms with E-state index >= 15 is 0 Å². The van der Waals surface area contributed by atoms with Crippen molar-refractivity contribution in [3.8, 4) is 17.2 Å². The third-order valence-corrected chi connectivity index (χ3v) is 3.53. The summed E-state index contributed by atoms with van der Waals surface area (Å²) in [6.07, 6.45) is 0. The second kappa shape index (κ2) is 6.59. The van der Waals surface area contributed by atoms with Gasteiger partial charge in [0.1, 0.15) is 5.75 Å². The quantitative estimate of drug-likeness (QED) is 0.867. The second-order valence-corrected chi connectivity index (χ2v) is 5.06. The van der Waals surface area contributed by atoms with Crippen LogP contribution in [0, 0.1) is 0 Å². The van der Waals surface area contributed by atoms with E-state index in [0.717, 1.165) is 11.3 Å². The Morgan fingerprint density at radius 2 is 1.76 bits per heavy atom. The van der Waals surface area contributed by atoms with Crippen molar-refractivity contribution in [2.75, 3.05) is 19.5 Å². The minimum absolute atomic E-state index is 0.0206. The number of methoxy groups -OCH3 is 2. The summed E-state index contributed by atoms with van der Waals surface area (Å²) in [6.45, 7) is 1.99. The van der Waals surface area contributed by atoms with Crippen molar-refractivity contribution >= 4 is 17.3 Å². The van der Waals surface area contributed by atoms with Crippen LogP contribution in [-0.2, 0) is 0 Å². The van der Waals surface area contributed by atoms with E-state index in [2.05, 4.69) is 5.32 Å².